The third-order valence-corrected chi connectivity index (χ3v) is 6.66. The van der Waals surface area contributed by atoms with Crippen LogP contribution < -0.4 is 15.4 Å². The molecule has 0 spiro atoms. The molecule has 4 aromatic rings. The molecule has 8 nitrogen and oxygen atoms in total. The van der Waals surface area contributed by atoms with E-state index >= 15 is 0 Å². The number of imide groups is 1. The number of hydrogen-bond donors (Lipinski definition) is 2. The predicted octanol–water partition coefficient (Wildman–Crippen LogP) is 4.17. The Bertz CT molecular complexity index is 1240. The third kappa shape index (κ3) is 6.03. The van der Waals surface area contributed by atoms with Crippen molar-refractivity contribution in [2.75, 3.05) is 19.4 Å². The summed E-state index contributed by atoms with van der Waals surface area (Å²) >= 11 is 2.84. The smallest absolute Gasteiger partial charge is 0.321 e. The highest BCUT2D eigenvalue weighted by molar-refractivity contribution is 7.99. The molecule has 0 aliphatic heterocycles. The van der Waals surface area contributed by atoms with E-state index in [4.69, 9.17) is 4.74 Å². The second-order valence-corrected chi connectivity index (χ2v) is 9.11. The van der Waals surface area contributed by atoms with Crippen molar-refractivity contribution in [3.8, 4) is 22.8 Å². The molecule has 174 valence electrons. The lowest BCUT2D eigenvalue weighted by molar-refractivity contribution is -0.117. The molecule has 0 aliphatic carbocycles. The van der Waals surface area contributed by atoms with Crippen LogP contribution in [0.4, 0.5) is 4.79 Å². The van der Waals surface area contributed by atoms with E-state index < -0.39 is 11.9 Å². The fraction of sp³-hybridized carbons (Fsp3) is 0.167. The molecule has 2 aromatic carbocycles. The number of nitrogens with zero attached hydrogens (tertiary/aromatic N) is 3. The van der Waals surface area contributed by atoms with Crippen LogP contribution in [0, 0.1) is 0 Å². The summed E-state index contributed by atoms with van der Waals surface area (Å²) in [4.78, 5) is 25.6. The molecular weight excluding hydrogens is 470 g/mol. The third-order valence-electron chi connectivity index (χ3n) is 4.80. The maximum atomic E-state index is 12.4. The lowest BCUT2D eigenvalue weighted by atomic mass is 10.2. The number of urea groups is 1. The van der Waals surface area contributed by atoms with Gasteiger partial charge in [-0.15, -0.1) is 21.5 Å². The monoisotopic (exact) mass is 493 g/mol. The summed E-state index contributed by atoms with van der Waals surface area (Å²) in [5.41, 5.74) is 1.69. The van der Waals surface area contributed by atoms with Crippen molar-refractivity contribution in [1.82, 2.24) is 25.4 Å². The number of benzene rings is 2. The molecule has 34 heavy (non-hydrogen) atoms. The molecule has 0 radical (unpaired) electrons. The Morgan fingerprint density at radius 2 is 1.91 bits per heavy atom. The first-order chi connectivity index (χ1) is 16.6. The lowest BCUT2D eigenvalue weighted by Crippen LogP contribution is -2.41. The summed E-state index contributed by atoms with van der Waals surface area (Å²) in [5, 5.41) is 16.3. The van der Waals surface area contributed by atoms with Crippen LogP contribution in [-0.4, -0.2) is 46.1 Å². The van der Waals surface area contributed by atoms with Crippen LogP contribution in [0.3, 0.4) is 0 Å². The molecule has 4 rings (SSSR count). The number of thioether (sulfide) groups is 1. The Morgan fingerprint density at radius 1 is 1.06 bits per heavy atom. The van der Waals surface area contributed by atoms with Crippen molar-refractivity contribution >= 4 is 35.0 Å². The minimum absolute atomic E-state index is 0.0153. The van der Waals surface area contributed by atoms with Gasteiger partial charge >= 0.3 is 6.03 Å². The Morgan fingerprint density at radius 3 is 2.68 bits per heavy atom. The number of carbonyl (C=O) groups is 2. The standard InChI is InChI=1S/C24H23N5O3S2/c1-32-19-10-5-7-17(15-19)22-27-28-24(29(22)18-8-3-2-4-9-18)34-16-21(30)26-23(31)25-13-12-20-11-6-14-33-20/h2-11,14-15H,12-13,16H2,1H3,(H2,25,26,30,31). The summed E-state index contributed by atoms with van der Waals surface area (Å²) in [5.74, 6) is 0.934. The van der Waals surface area contributed by atoms with E-state index in [0.29, 0.717) is 23.3 Å². The number of methoxy groups -OCH3 is 1. The number of amides is 3. The van der Waals surface area contributed by atoms with Gasteiger partial charge in [-0.05, 0) is 42.1 Å². The summed E-state index contributed by atoms with van der Waals surface area (Å²) in [6.45, 7) is 0.457. The molecule has 0 unspecified atom stereocenters. The quantitative estimate of drug-likeness (QED) is 0.340. The number of para-hydroxylation sites is 1. The maximum absolute atomic E-state index is 12.4. The highest BCUT2D eigenvalue weighted by Crippen LogP contribution is 2.29. The predicted molar refractivity (Wildman–Crippen MR) is 134 cm³/mol. The number of hydrogen-bond acceptors (Lipinski definition) is 7. The minimum Gasteiger partial charge on any atom is -0.497 e. The highest BCUT2D eigenvalue weighted by atomic mass is 32.2. The molecule has 0 saturated carbocycles. The number of thiophene rings is 1. The van der Waals surface area contributed by atoms with E-state index in [1.807, 2.05) is 76.7 Å². The first-order valence-electron chi connectivity index (χ1n) is 10.5. The SMILES string of the molecule is COc1cccc(-c2nnc(SCC(=O)NC(=O)NCCc3cccs3)n2-c2ccccc2)c1. The fourth-order valence-corrected chi connectivity index (χ4v) is 4.67. The zero-order chi connectivity index (χ0) is 23.8. The van der Waals surface area contributed by atoms with Crippen LogP contribution in [-0.2, 0) is 11.2 Å². The summed E-state index contributed by atoms with van der Waals surface area (Å²) < 4.78 is 7.22. The van der Waals surface area contributed by atoms with E-state index in [1.54, 1.807) is 18.4 Å². The summed E-state index contributed by atoms with van der Waals surface area (Å²) in [6.07, 6.45) is 0.723. The average molecular weight is 494 g/mol. The number of rotatable bonds is 9. The molecule has 2 aromatic heterocycles. The van der Waals surface area contributed by atoms with Gasteiger partial charge in [-0.3, -0.25) is 14.7 Å². The van der Waals surface area contributed by atoms with Crippen molar-refractivity contribution in [1.29, 1.82) is 0 Å². The molecule has 0 aliphatic rings. The van der Waals surface area contributed by atoms with Gasteiger partial charge in [-0.2, -0.15) is 0 Å². The van der Waals surface area contributed by atoms with Crippen molar-refractivity contribution < 1.29 is 14.3 Å². The maximum Gasteiger partial charge on any atom is 0.321 e. The van der Waals surface area contributed by atoms with Gasteiger partial charge in [-0.25, -0.2) is 4.79 Å². The van der Waals surface area contributed by atoms with Crippen molar-refractivity contribution in [3.05, 3.63) is 77.0 Å². The van der Waals surface area contributed by atoms with Gasteiger partial charge in [0.15, 0.2) is 11.0 Å². The van der Waals surface area contributed by atoms with Gasteiger partial charge in [0.1, 0.15) is 5.75 Å². The first kappa shape index (κ1) is 23.5. The highest BCUT2D eigenvalue weighted by Gasteiger charge is 2.18. The van der Waals surface area contributed by atoms with Gasteiger partial charge < -0.3 is 10.1 Å². The minimum atomic E-state index is -0.510. The second-order valence-electron chi connectivity index (χ2n) is 7.13. The van der Waals surface area contributed by atoms with Gasteiger partial charge in [-0.1, -0.05) is 48.2 Å². The number of nitrogens with one attached hydrogen (secondary N) is 2. The van der Waals surface area contributed by atoms with E-state index in [2.05, 4.69) is 20.8 Å². The second kappa shape index (κ2) is 11.5. The van der Waals surface area contributed by atoms with Crippen molar-refractivity contribution in [2.45, 2.75) is 11.6 Å². The van der Waals surface area contributed by atoms with Crippen LogP contribution >= 0.6 is 23.1 Å². The normalized spacial score (nSPS) is 10.6. The molecule has 0 fully saturated rings. The molecule has 3 amide bonds. The Balaban J connectivity index is 1.42. The molecule has 0 atom stereocenters. The van der Waals surface area contributed by atoms with Crippen LogP contribution in [0.25, 0.3) is 17.1 Å². The number of aromatic nitrogens is 3. The van der Waals surface area contributed by atoms with Crippen LogP contribution in [0.15, 0.2) is 77.3 Å². The summed E-state index contributed by atoms with van der Waals surface area (Å²) in [6, 6.07) is 20.7. The van der Waals surface area contributed by atoms with Gasteiger partial charge in [0.25, 0.3) is 0 Å². The van der Waals surface area contributed by atoms with Crippen molar-refractivity contribution in [3.63, 3.8) is 0 Å². The van der Waals surface area contributed by atoms with E-state index in [9.17, 15) is 9.59 Å². The Labute approximate surface area is 205 Å². The molecule has 0 saturated heterocycles. The molecular formula is C24H23N5O3S2. The lowest BCUT2D eigenvalue weighted by Gasteiger charge is -2.11. The fourth-order valence-electron chi connectivity index (χ4n) is 3.21. The van der Waals surface area contributed by atoms with Crippen LogP contribution in [0.5, 0.6) is 5.75 Å². The first-order valence-corrected chi connectivity index (χ1v) is 12.4. The number of ether oxygens (including phenoxy) is 1. The average Bonchev–Trinajstić information content (AvgIpc) is 3.53. The number of carbonyl (C=O) groups excluding carboxylic acids is 2. The topological polar surface area (TPSA) is 98.1 Å². The van der Waals surface area contributed by atoms with E-state index in [1.165, 1.54) is 16.6 Å². The molecule has 0 bridgehead atoms. The molecule has 10 heteroatoms. The van der Waals surface area contributed by atoms with Crippen LogP contribution in [0.2, 0.25) is 0 Å². The Kier molecular flexibility index (Phi) is 7.95. The van der Waals surface area contributed by atoms with Gasteiger partial charge in [0.2, 0.25) is 5.91 Å². The Hall–Kier alpha value is -3.63. The van der Waals surface area contributed by atoms with Gasteiger partial charge in [0, 0.05) is 22.7 Å². The largest absolute Gasteiger partial charge is 0.497 e. The molecule has 2 heterocycles. The van der Waals surface area contributed by atoms with Crippen molar-refractivity contribution in [2.24, 2.45) is 0 Å². The zero-order valence-electron chi connectivity index (χ0n) is 18.4. The van der Waals surface area contributed by atoms with Crippen LogP contribution in [0.1, 0.15) is 4.88 Å². The summed E-state index contributed by atoms with van der Waals surface area (Å²) in [7, 11) is 1.61. The zero-order valence-corrected chi connectivity index (χ0v) is 20.1. The van der Waals surface area contributed by atoms with Gasteiger partial charge in [0.05, 0.1) is 12.9 Å². The van der Waals surface area contributed by atoms with E-state index in [0.717, 1.165) is 17.7 Å². The van der Waals surface area contributed by atoms with E-state index in [-0.39, 0.29) is 5.75 Å². The molecule has 2 N–H and O–H groups in total.